The number of halogens is 3. The smallest absolute Gasteiger partial charge is 0.343 e. The van der Waals surface area contributed by atoms with E-state index in [2.05, 4.69) is 15.0 Å². The SMILES string of the molecule is Cc1cc(C(F)(F)Cl)c2[nH]cnc2n1. The maximum absolute atomic E-state index is 12.9. The molecular weight excluding hydrogens is 212 g/mol. The van der Waals surface area contributed by atoms with E-state index >= 15 is 0 Å². The molecule has 0 radical (unpaired) electrons. The van der Waals surface area contributed by atoms with E-state index in [1.807, 2.05) is 0 Å². The molecule has 2 heterocycles. The number of rotatable bonds is 1. The van der Waals surface area contributed by atoms with E-state index in [0.29, 0.717) is 5.69 Å². The molecule has 0 saturated carbocycles. The van der Waals surface area contributed by atoms with E-state index in [1.54, 1.807) is 6.92 Å². The van der Waals surface area contributed by atoms with Gasteiger partial charge in [0.25, 0.3) is 0 Å². The summed E-state index contributed by atoms with van der Waals surface area (Å²) in [6.45, 7) is 1.61. The fraction of sp³-hybridized carbons (Fsp3) is 0.250. The number of aryl methyl sites for hydroxylation is 1. The topological polar surface area (TPSA) is 41.6 Å². The second kappa shape index (κ2) is 2.88. The van der Waals surface area contributed by atoms with Crippen LogP contribution in [0.3, 0.4) is 0 Å². The lowest BCUT2D eigenvalue weighted by Crippen LogP contribution is -2.05. The third-order valence-electron chi connectivity index (χ3n) is 1.83. The minimum atomic E-state index is -3.40. The number of alkyl halides is 3. The van der Waals surface area contributed by atoms with E-state index in [-0.39, 0.29) is 16.7 Å². The molecule has 0 aliphatic carbocycles. The fourth-order valence-corrected chi connectivity index (χ4v) is 1.42. The van der Waals surface area contributed by atoms with Crippen molar-refractivity contribution in [3.05, 3.63) is 23.7 Å². The number of H-pyrrole nitrogens is 1. The molecule has 0 aliphatic rings. The Morgan fingerprint density at radius 2 is 2.21 bits per heavy atom. The van der Waals surface area contributed by atoms with Crippen LogP contribution in [0.4, 0.5) is 8.78 Å². The first-order valence-corrected chi connectivity index (χ1v) is 4.24. The van der Waals surface area contributed by atoms with Crippen LogP contribution < -0.4 is 0 Å². The Labute approximate surface area is 83.1 Å². The lowest BCUT2D eigenvalue weighted by Gasteiger charge is -2.09. The van der Waals surface area contributed by atoms with Gasteiger partial charge < -0.3 is 4.98 Å². The highest BCUT2D eigenvalue weighted by molar-refractivity contribution is 6.22. The van der Waals surface area contributed by atoms with Gasteiger partial charge in [0, 0.05) is 5.69 Å². The number of fused-ring (bicyclic) bond motifs is 1. The second-order valence-corrected chi connectivity index (χ2v) is 3.38. The molecule has 74 valence electrons. The molecule has 0 atom stereocenters. The van der Waals surface area contributed by atoms with Crippen molar-refractivity contribution in [2.45, 2.75) is 12.3 Å². The lowest BCUT2D eigenvalue weighted by molar-refractivity contribution is 0.0965. The first-order valence-electron chi connectivity index (χ1n) is 3.86. The van der Waals surface area contributed by atoms with Crippen LogP contribution in [0.1, 0.15) is 11.3 Å². The largest absolute Gasteiger partial charge is 0.350 e. The second-order valence-electron chi connectivity index (χ2n) is 2.91. The van der Waals surface area contributed by atoms with Gasteiger partial charge in [-0.05, 0) is 24.6 Å². The third kappa shape index (κ3) is 1.43. The zero-order valence-corrected chi connectivity index (χ0v) is 7.94. The molecule has 0 unspecified atom stereocenters. The Morgan fingerprint density at radius 3 is 2.86 bits per heavy atom. The molecule has 0 saturated heterocycles. The molecule has 0 amide bonds. The molecule has 2 aromatic heterocycles. The third-order valence-corrected chi connectivity index (χ3v) is 2.03. The summed E-state index contributed by atoms with van der Waals surface area (Å²) >= 11 is 4.96. The maximum Gasteiger partial charge on any atom is 0.350 e. The van der Waals surface area contributed by atoms with Crippen molar-refractivity contribution < 1.29 is 8.78 Å². The minimum absolute atomic E-state index is 0.176. The number of aromatic amines is 1. The zero-order valence-electron chi connectivity index (χ0n) is 7.18. The Hall–Kier alpha value is -1.23. The van der Waals surface area contributed by atoms with E-state index in [0.717, 1.165) is 0 Å². The highest BCUT2D eigenvalue weighted by Gasteiger charge is 2.31. The van der Waals surface area contributed by atoms with Crippen LogP contribution in [-0.2, 0) is 5.38 Å². The highest BCUT2D eigenvalue weighted by atomic mass is 35.5. The zero-order chi connectivity index (χ0) is 10.3. The minimum Gasteiger partial charge on any atom is -0.343 e. The molecule has 0 bridgehead atoms. The van der Waals surface area contributed by atoms with Crippen LogP contribution in [-0.4, -0.2) is 15.0 Å². The van der Waals surface area contributed by atoms with Crippen LogP contribution in [0.15, 0.2) is 12.4 Å². The first kappa shape index (κ1) is 9.33. The van der Waals surface area contributed by atoms with Crippen molar-refractivity contribution in [3.8, 4) is 0 Å². The predicted octanol–water partition coefficient (Wildman–Crippen LogP) is 2.55. The molecule has 1 N–H and O–H groups in total. The molecule has 0 fully saturated rings. The summed E-state index contributed by atoms with van der Waals surface area (Å²) in [5.41, 5.74) is 0.593. The van der Waals surface area contributed by atoms with Gasteiger partial charge in [0.15, 0.2) is 5.65 Å². The fourth-order valence-electron chi connectivity index (χ4n) is 1.27. The summed E-state index contributed by atoms with van der Waals surface area (Å²) < 4.78 is 25.9. The van der Waals surface area contributed by atoms with Crippen molar-refractivity contribution in [1.29, 1.82) is 0 Å². The quantitative estimate of drug-likeness (QED) is 0.746. The highest BCUT2D eigenvalue weighted by Crippen LogP contribution is 2.35. The summed E-state index contributed by atoms with van der Waals surface area (Å²) in [6, 6.07) is 1.24. The first-order chi connectivity index (χ1) is 6.48. The number of aromatic nitrogens is 3. The summed E-state index contributed by atoms with van der Waals surface area (Å²) in [7, 11) is 0. The van der Waals surface area contributed by atoms with Gasteiger partial charge in [-0.3, -0.25) is 0 Å². The predicted molar refractivity (Wildman–Crippen MR) is 48.4 cm³/mol. The van der Waals surface area contributed by atoms with Crippen LogP contribution in [0.5, 0.6) is 0 Å². The molecule has 0 spiro atoms. The van der Waals surface area contributed by atoms with Crippen molar-refractivity contribution in [2.24, 2.45) is 0 Å². The number of imidazole rings is 1. The van der Waals surface area contributed by atoms with Gasteiger partial charge in [-0.15, -0.1) is 0 Å². The van der Waals surface area contributed by atoms with Crippen molar-refractivity contribution >= 4 is 22.8 Å². The molecule has 2 aromatic rings. The Kier molecular flexibility index (Phi) is 1.92. The molecule has 14 heavy (non-hydrogen) atoms. The Balaban J connectivity index is 2.80. The van der Waals surface area contributed by atoms with Crippen LogP contribution in [0, 0.1) is 6.92 Å². The van der Waals surface area contributed by atoms with Crippen molar-refractivity contribution in [3.63, 3.8) is 0 Å². The molecule has 0 aromatic carbocycles. The average molecular weight is 218 g/mol. The lowest BCUT2D eigenvalue weighted by atomic mass is 10.2. The van der Waals surface area contributed by atoms with Gasteiger partial charge in [-0.1, -0.05) is 0 Å². The van der Waals surface area contributed by atoms with Gasteiger partial charge >= 0.3 is 5.38 Å². The number of hydrogen-bond acceptors (Lipinski definition) is 2. The number of hydrogen-bond donors (Lipinski definition) is 1. The number of nitrogens with one attached hydrogen (secondary N) is 1. The van der Waals surface area contributed by atoms with Gasteiger partial charge in [-0.25, -0.2) is 9.97 Å². The van der Waals surface area contributed by atoms with Crippen LogP contribution in [0.2, 0.25) is 0 Å². The Bertz CT molecular complexity index is 475. The van der Waals surface area contributed by atoms with Gasteiger partial charge in [0.05, 0.1) is 17.4 Å². The summed E-state index contributed by atoms with van der Waals surface area (Å²) in [4.78, 5) is 10.4. The van der Waals surface area contributed by atoms with Gasteiger partial charge in [-0.2, -0.15) is 8.78 Å². The van der Waals surface area contributed by atoms with Crippen LogP contribution >= 0.6 is 11.6 Å². The normalized spacial score (nSPS) is 12.3. The summed E-state index contributed by atoms with van der Waals surface area (Å²) in [5, 5.41) is -3.40. The average Bonchev–Trinajstić information content (AvgIpc) is 2.47. The standard InChI is InChI=1S/C8H6ClF2N3/c1-4-2-5(8(9,10)11)6-7(14-4)13-3-12-6/h2-3H,1H3,(H,12,13,14). The summed E-state index contributed by atoms with van der Waals surface area (Å²) in [5.74, 6) is 0. The van der Waals surface area contributed by atoms with Crippen LogP contribution in [0.25, 0.3) is 11.2 Å². The molecule has 3 nitrogen and oxygen atoms in total. The molecule has 6 heteroatoms. The van der Waals surface area contributed by atoms with Gasteiger partial charge in [0.2, 0.25) is 0 Å². The van der Waals surface area contributed by atoms with E-state index < -0.39 is 5.38 Å². The van der Waals surface area contributed by atoms with Crippen molar-refractivity contribution in [1.82, 2.24) is 15.0 Å². The number of nitrogens with zero attached hydrogens (tertiary/aromatic N) is 2. The summed E-state index contributed by atoms with van der Waals surface area (Å²) in [6.07, 6.45) is 1.31. The Morgan fingerprint density at radius 1 is 1.50 bits per heavy atom. The van der Waals surface area contributed by atoms with Gasteiger partial charge in [0.1, 0.15) is 0 Å². The number of pyridine rings is 1. The maximum atomic E-state index is 12.9. The van der Waals surface area contributed by atoms with E-state index in [9.17, 15) is 8.78 Å². The van der Waals surface area contributed by atoms with Crippen molar-refractivity contribution in [2.75, 3.05) is 0 Å². The monoisotopic (exact) mass is 217 g/mol. The van der Waals surface area contributed by atoms with E-state index in [1.165, 1.54) is 12.4 Å². The van der Waals surface area contributed by atoms with E-state index in [4.69, 9.17) is 11.6 Å². The molecular formula is C8H6ClF2N3. The molecule has 0 aliphatic heterocycles. The molecule has 2 rings (SSSR count).